The van der Waals surface area contributed by atoms with Gasteiger partial charge in [0.25, 0.3) is 5.60 Å². The summed E-state index contributed by atoms with van der Waals surface area (Å²) in [4.78, 5) is 50.5. The Morgan fingerprint density at radius 2 is 1.93 bits per heavy atom. The Morgan fingerprint density at radius 3 is 2.56 bits per heavy atom. The first-order valence-electron chi connectivity index (χ1n) is 13.1. The second-order valence-electron chi connectivity index (χ2n) is 10.2. The van der Waals surface area contributed by atoms with Crippen molar-refractivity contribution in [2.45, 2.75) is 55.3 Å². The lowest BCUT2D eigenvalue weighted by molar-refractivity contribution is -0.191. The maximum absolute atomic E-state index is 12.4. The van der Waals surface area contributed by atoms with Crippen LogP contribution in [-0.4, -0.2) is 94.4 Å². The SMILES string of the molecule is C#C[C@@]1(O)[C@@H](COC(Cc2ccc(N3CCCCC3=O)cc2)(C(=O)O)C(=O)O)O[C@@H](n2cnc3c(N)nc(Cl)nc32)[C@@H]1O. The van der Waals surface area contributed by atoms with E-state index in [4.69, 9.17) is 33.2 Å². The van der Waals surface area contributed by atoms with E-state index in [0.29, 0.717) is 18.7 Å². The highest BCUT2D eigenvalue weighted by Crippen LogP contribution is 2.39. The van der Waals surface area contributed by atoms with Gasteiger partial charge >= 0.3 is 11.9 Å². The molecule has 1 aromatic carbocycles. The highest BCUT2D eigenvalue weighted by Gasteiger charge is 2.58. The van der Waals surface area contributed by atoms with Crippen LogP contribution in [0.2, 0.25) is 5.28 Å². The summed E-state index contributed by atoms with van der Waals surface area (Å²) >= 11 is 5.91. The quantitative estimate of drug-likeness (QED) is 0.125. The number of halogens is 1. The molecule has 4 heterocycles. The van der Waals surface area contributed by atoms with Crippen molar-refractivity contribution in [2.24, 2.45) is 0 Å². The fourth-order valence-corrected chi connectivity index (χ4v) is 5.38. The van der Waals surface area contributed by atoms with E-state index in [1.807, 2.05) is 5.92 Å². The number of ether oxygens (including phenoxy) is 2. The van der Waals surface area contributed by atoms with Crippen LogP contribution < -0.4 is 10.6 Å². The molecule has 0 bridgehead atoms. The monoisotopic (exact) mass is 614 g/mol. The maximum Gasteiger partial charge on any atom is 0.348 e. The Bertz CT molecular complexity index is 1610. The molecule has 0 unspecified atom stereocenters. The molecule has 2 aliphatic rings. The molecule has 2 aliphatic heterocycles. The summed E-state index contributed by atoms with van der Waals surface area (Å²) in [6.45, 7) is -0.304. The maximum atomic E-state index is 12.4. The summed E-state index contributed by atoms with van der Waals surface area (Å²) in [6.07, 6.45) is 3.33. The van der Waals surface area contributed by atoms with Crippen LogP contribution in [0.15, 0.2) is 30.6 Å². The number of hydrogen-bond acceptors (Lipinski definition) is 11. The van der Waals surface area contributed by atoms with E-state index >= 15 is 0 Å². The minimum atomic E-state index is -2.83. The van der Waals surface area contributed by atoms with Gasteiger partial charge in [-0.05, 0) is 42.1 Å². The number of imidazole rings is 1. The van der Waals surface area contributed by atoms with Gasteiger partial charge in [0.15, 0.2) is 23.3 Å². The van der Waals surface area contributed by atoms with Crippen molar-refractivity contribution >= 4 is 52.1 Å². The number of carboxylic acid groups (broad SMARTS) is 2. The van der Waals surface area contributed by atoms with Crippen molar-refractivity contribution in [1.82, 2.24) is 19.5 Å². The summed E-state index contributed by atoms with van der Waals surface area (Å²) in [5, 5.41) is 42.0. The normalized spacial score (nSPS) is 24.3. The number of anilines is 2. The fraction of sp³-hybridized carbons (Fsp3) is 0.407. The van der Waals surface area contributed by atoms with Crippen LogP contribution in [0.25, 0.3) is 11.2 Å². The Kier molecular flexibility index (Phi) is 7.99. The molecule has 2 fully saturated rings. The van der Waals surface area contributed by atoms with Crippen molar-refractivity contribution in [3.8, 4) is 12.3 Å². The number of carboxylic acids is 2. The molecule has 226 valence electrons. The second kappa shape index (κ2) is 11.4. The molecule has 0 saturated carbocycles. The minimum Gasteiger partial charge on any atom is -0.479 e. The molecule has 16 heteroatoms. The van der Waals surface area contributed by atoms with Crippen molar-refractivity contribution in [3.63, 3.8) is 0 Å². The lowest BCUT2D eigenvalue weighted by Gasteiger charge is -2.30. The van der Waals surface area contributed by atoms with Gasteiger partial charge in [-0.1, -0.05) is 18.1 Å². The van der Waals surface area contributed by atoms with Crippen LogP contribution in [0.1, 0.15) is 31.1 Å². The lowest BCUT2D eigenvalue weighted by atomic mass is 9.91. The number of terminal acetylenes is 1. The van der Waals surface area contributed by atoms with Crippen molar-refractivity contribution in [3.05, 3.63) is 41.4 Å². The van der Waals surface area contributed by atoms with Crippen LogP contribution in [0, 0.1) is 12.3 Å². The Hall–Kier alpha value is -4.33. The first-order chi connectivity index (χ1) is 20.4. The van der Waals surface area contributed by atoms with Crippen molar-refractivity contribution < 1.29 is 44.3 Å². The number of aromatic nitrogens is 4. The summed E-state index contributed by atoms with van der Waals surface area (Å²) in [5.41, 5.74) is 1.60. The third-order valence-electron chi connectivity index (χ3n) is 7.64. The van der Waals surface area contributed by atoms with Crippen LogP contribution in [0.5, 0.6) is 0 Å². The van der Waals surface area contributed by atoms with Crippen LogP contribution in [0.4, 0.5) is 11.5 Å². The predicted octanol–water partition coefficient (Wildman–Crippen LogP) is 0.369. The van der Waals surface area contributed by atoms with Gasteiger partial charge in [-0.25, -0.2) is 14.6 Å². The molecule has 3 aromatic rings. The average molecular weight is 615 g/mol. The second-order valence-corrected chi connectivity index (χ2v) is 10.6. The third-order valence-corrected chi connectivity index (χ3v) is 7.81. The summed E-state index contributed by atoms with van der Waals surface area (Å²) < 4.78 is 12.5. The Balaban J connectivity index is 1.39. The Labute approximate surface area is 248 Å². The number of nitrogens with zero attached hydrogens (tertiary/aromatic N) is 5. The number of aliphatic carboxylic acids is 2. The number of hydrogen-bond donors (Lipinski definition) is 5. The number of aliphatic hydroxyl groups is 2. The van der Waals surface area contributed by atoms with E-state index in [-0.39, 0.29) is 33.7 Å². The third kappa shape index (κ3) is 5.24. The minimum absolute atomic E-state index is 0.0338. The van der Waals surface area contributed by atoms with E-state index < -0.39 is 54.6 Å². The molecule has 4 atom stereocenters. The standard InChI is InChI=1S/C27H27ClN6O9/c1-2-26(41)16(43-22(19(26)36)34-13-30-18-20(29)31-25(28)32-21(18)34)12-42-27(23(37)38,24(39)40)11-14-6-8-15(9-7-14)33-10-4-3-5-17(33)35/h1,6-9,13,16,19,22,36,41H,3-5,10-12H2,(H,37,38)(H,39,40)(H2,29,31,32)/t16-,19+,22-,26-/m1/s1. The largest absolute Gasteiger partial charge is 0.479 e. The Morgan fingerprint density at radius 1 is 1.23 bits per heavy atom. The smallest absolute Gasteiger partial charge is 0.348 e. The fourth-order valence-electron chi connectivity index (χ4n) is 5.21. The van der Waals surface area contributed by atoms with Gasteiger partial charge in [0, 0.05) is 25.1 Å². The zero-order valence-corrected chi connectivity index (χ0v) is 23.2. The molecule has 0 aliphatic carbocycles. The number of amides is 1. The molecule has 43 heavy (non-hydrogen) atoms. The summed E-state index contributed by atoms with van der Waals surface area (Å²) in [6, 6.07) is 6.22. The van der Waals surface area contributed by atoms with Gasteiger partial charge in [0.1, 0.15) is 17.7 Å². The number of aliphatic hydroxyl groups excluding tert-OH is 1. The average Bonchev–Trinajstić information content (AvgIpc) is 3.50. The van der Waals surface area contributed by atoms with Gasteiger partial charge in [-0.15, -0.1) is 6.42 Å². The van der Waals surface area contributed by atoms with E-state index in [9.17, 15) is 34.8 Å². The lowest BCUT2D eigenvalue weighted by Crippen LogP contribution is -2.55. The van der Waals surface area contributed by atoms with Crippen molar-refractivity contribution in [2.75, 3.05) is 23.8 Å². The molecular weight excluding hydrogens is 588 g/mol. The first-order valence-corrected chi connectivity index (χ1v) is 13.5. The molecular formula is C27H27ClN6O9. The molecule has 2 saturated heterocycles. The van der Waals surface area contributed by atoms with E-state index in [1.165, 1.54) is 23.0 Å². The topological polar surface area (TPSA) is 223 Å². The van der Waals surface area contributed by atoms with Crippen LogP contribution in [0.3, 0.4) is 0 Å². The number of rotatable bonds is 9. The number of nitrogen functional groups attached to an aromatic ring is 1. The number of fused-ring (bicyclic) bond motifs is 1. The van der Waals surface area contributed by atoms with Crippen LogP contribution in [-0.2, 0) is 30.3 Å². The number of nitrogens with two attached hydrogens (primary N) is 1. The molecule has 1 amide bonds. The summed E-state index contributed by atoms with van der Waals surface area (Å²) in [7, 11) is 0. The highest BCUT2D eigenvalue weighted by atomic mass is 35.5. The predicted molar refractivity (Wildman–Crippen MR) is 149 cm³/mol. The number of piperidine rings is 1. The van der Waals surface area contributed by atoms with Gasteiger partial charge in [-0.2, -0.15) is 9.97 Å². The number of benzene rings is 1. The van der Waals surface area contributed by atoms with Crippen LogP contribution >= 0.6 is 11.6 Å². The molecule has 5 rings (SSSR count). The summed E-state index contributed by atoms with van der Waals surface area (Å²) in [5.74, 6) is -1.69. The number of carbonyl (C=O) groups is 3. The highest BCUT2D eigenvalue weighted by molar-refractivity contribution is 6.28. The van der Waals surface area contributed by atoms with Gasteiger partial charge < -0.3 is 40.5 Å². The van der Waals surface area contributed by atoms with Gasteiger partial charge in [-0.3, -0.25) is 9.36 Å². The molecule has 6 N–H and O–H groups in total. The first kappa shape index (κ1) is 30.1. The van der Waals surface area contributed by atoms with Gasteiger partial charge in [0.05, 0.1) is 12.9 Å². The zero-order chi connectivity index (χ0) is 31.1. The van der Waals surface area contributed by atoms with E-state index in [1.54, 1.807) is 17.0 Å². The molecule has 2 aromatic heterocycles. The van der Waals surface area contributed by atoms with E-state index in [2.05, 4.69) is 15.0 Å². The molecule has 0 radical (unpaired) electrons. The van der Waals surface area contributed by atoms with E-state index in [0.717, 1.165) is 12.8 Å². The molecule has 0 spiro atoms. The zero-order valence-electron chi connectivity index (χ0n) is 22.5. The number of carbonyl (C=O) groups excluding carboxylic acids is 1. The molecule has 15 nitrogen and oxygen atoms in total. The van der Waals surface area contributed by atoms with Gasteiger partial charge in [0.2, 0.25) is 11.2 Å². The van der Waals surface area contributed by atoms with Crippen molar-refractivity contribution in [1.29, 1.82) is 0 Å².